The molecule has 0 saturated heterocycles. The van der Waals surface area contributed by atoms with Gasteiger partial charge in [0.1, 0.15) is 12.3 Å². The lowest BCUT2D eigenvalue weighted by molar-refractivity contribution is -0.143. The molecule has 1 aromatic heterocycles. The average Bonchev–Trinajstić information content (AvgIpc) is 2.98. The van der Waals surface area contributed by atoms with Crippen molar-refractivity contribution < 1.29 is 19.1 Å². The summed E-state index contributed by atoms with van der Waals surface area (Å²) in [6.45, 7) is 2.14. The quantitative estimate of drug-likeness (QED) is 0.751. The van der Waals surface area contributed by atoms with Crippen LogP contribution in [0.25, 0.3) is 10.2 Å². The van der Waals surface area contributed by atoms with Gasteiger partial charge in [0.15, 0.2) is 4.80 Å². The maximum absolute atomic E-state index is 12.6. The molecule has 2 aromatic rings. The maximum atomic E-state index is 12.6. The first kappa shape index (κ1) is 18.6. The van der Waals surface area contributed by atoms with Gasteiger partial charge in [0.25, 0.3) is 5.91 Å². The SMILES string of the molecule is CCOC(=O)Cn1c(=NC(=O)C2CCCCC2)sc2cc(OC)ccc21. The van der Waals surface area contributed by atoms with Crippen LogP contribution in [-0.4, -0.2) is 30.2 Å². The van der Waals surface area contributed by atoms with Crippen LogP contribution >= 0.6 is 11.3 Å². The normalized spacial score (nSPS) is 16.0. The van der Waals surface area contributed by atoms with E-state index >= 15 is 0 Å². The minimum atomic E-state index is -0.338. The van der Waals surface area contributed by atoms with Gasteiger partial charge in [-0.25, -0.2) is 0 Å². The van der Waals surface area contributed by atoms with E-state index in [1.54, 1.807) is 18.6 Å². The third-order valence-corrected chi connectivity index (χ3v) is 5.68. The zero-order chi connectivity index (χ0) is 18.5. The summed E-state index contributed by atoms with van der Waals surface area (Å²) in [6, 6.07) is 5.61. The number of carbonyl (C=O) groups is 2. The number of ether oxygens (including phenoxy) is 2. The molecule has 0 spiro atoms. The monoisotopic (exact) mass is 376 g/mol. The molecule has 0 bridgehead atoms. The summed E-state index contributed by atoms with van der Waals surface area (Å²) in [4.78, 5) is 29.6. The minimum absolute atomic E-state index is 0.000424. The predicted octanol–water partition coefficient (Wildman–Crippen LogP) is 3.28. The van der Waals surface area contributed by atoms with Crippen molar-refractivity contribution in [3.05, 3.63) is 23.0 Å². The number of amides is 1. The van der Waals surface area contributed by atoms with E-state index in [9.17, 15) is 9.59 Å². The summed E-state index contributed by atoms with van der Waals surface area (Å²) in [6.07, 6.45) is 5.16. The molecule has 1 amide bonds. The predicted molar refractivity (Wildman–Crippen MR) is 100 cm³/mol. The van der Waals surface area contributed by atoms with Gasteiger partial charge >= 0.3 is 5.97 Å². The third-order valence-electron chi connectivity index (χ3n) is 4.64. The van der Waals surface area contributed by atoms with Crippen LogP contribution in [0.15, 0.2) is 23.2 Å². The number of hydrogen-bond donors (Lipinski definition) is 0. The van der Waals surface area contributed by atoms with E-state index in [0.29, 0.717) is 11.4 Å². The maximum Gasteiger partial charge on any atom is 0.326 e. The Morgan fingerprint density at radius 3 is 2.73 bits per heavy atom. The summed E-state index contributed by atoms with van der Waals surface area (Å²) in [5.41, 5.74) is 0.846. The van der Waals surface area contributed by atoms with E-state index in [1.165, 1.54) is 17.8 Å². The number of rotatable bonds is 5. The van der Waals surface area contributed by atoms with Crippen LogP contribution in [0.3, 0.4) is 0 Å². The fraction of sp³-hybridized carbons (Fsp3) is 0.526. The first-order valence-electron chi connectivity index (χ1n) is 9.04. The van der Waals surface area contributed by atoms with Gasteiger partial charge in [-0.1, -0.05) is 30.6 Å². The van der Waals surface area contributed by atoms with Crippen molar-refractivity contribution in [1.82, 2.24) is 4.57 Å². The van der Waals surface area contributed by atoms with E-state index in [2.05, 4.69) is 4.99 Å². The number of nitrogens with zero attached hydrogens (tertiary/aromatic N) is 2. The Balaban J connectivity index is 2.02. The van der Waals surface area contributed by atoms with Crippen LogP contribution in [0, 0.1) is 5.92 Å². The fourth-order valence-corrected chi connectivity index (χ4v) is 4.35. The van der Waals surface area contributed by atoms with Gasteiger partial charge in [0.2, 0.25) is 0 Å². The summed E-state index contributed by atoms with van der Waals surface area (Å²) >= 11 is 1.39. The number of benzene rings is 1. The van der Waals surface area contributed by atoms with Crippen LogP contribution in [0.1, 0.15) is 39.0 Å². The molecule has 0 atom stereocenters. The minimum Gasteiger partial charge on any atom is -0.497 e. The third kappa shape index (κ3) is 4.15. The number of fused-ring (bicyclic) bond motifs is 1. The lowest BCUT2D eigenvalue weighted by atomic mass is 9.89. The first-order valence-corrected chi connectivity index (χ1v) is 9.85. The molecule has 1 saturated carbocycles. The van der Waals surface area contributed by atoms with Gasteiger partial charge in [-0.2, -0.15) is 4.99 Å². The molecule has 1 fully saturated rings. The van der Waals surface area contributed by atoms with Crippen molar-refractivity contribution in [2.75, 3.05) is 13.7 Å². The van der Waals surface area contributed by atoms with Crippen LogP contribution in [0.2, 0.25) is 0 Å². The van der Waals surface area contributed by atoms with Crippen molar-refractivity contribution in [2.45, 2.75) is 45.6 Å². The summed E-state index contributed by atoms with van der Waals surface area (Å²) in [7, 11) is 1.61. The molecule has 7 heteroatoms. The largest absolute Gasteiger partial charge is 0.497 e. The Morgan fingerprint density at radius 2 is 2.04 bits per heavy atom. The van der Waals surface area contributed by atoms with Crippen LogP contribution < -0.4 is 9.54 Å². The lowest BCUT2D eigenvalue weighted by Gasteiger charge is -2.17. The second-order valence-corrected chi connectivity index (χ2v) is 7.40. The molecule has 0 N–H and O–H groups in total. The Hall–Kier alpha value is -2.15. The van der Waals surface area contributed by atoms with Crippen LogP contribution in [0.5, 0.6) is 5.75 Å². The molecular formula is C19H24N2O4S. The van der Waals surface area contributed by atoms with E-state index in [0.717, 1.165) is 41.6 Å². The number of methoxy groups -OCH3 is 1. The highest BCUT2D eigenvalue weighted by Gasteiger charge is 2.21. The molecule has 140 valence electrons. The van der Waals surface area contributed by atoms with E-state index in [4.69, 9.17) is 9.47 Å². The molecular weight excluding hydrogens is 352 g/mol. The van der Waals surface area contributed by atoms with Gasteiger partial charge in [-0.3, -0.25) is 9.59 Å². The molecule has 1 aromatic carbocycles. The zero-order valence-corrected chi connectivity index (χ0v) is 16.0. The molecule has 1 aliphatic rings. The summed E-state index contributed by atoms with van der Waals surface area (Å²) in [5.74, 6) is 0.308. The Labute approximate surface area is 156 Å². The second kappa shape index (κ2) is 8.49. The molecule has 1 heterocycles. The number of thiazole rings is 1. The van der Waals surface area contributed by atoms with Gasteiger partial charge < -0.3 is 14.0 Å². The molecule has 0 unspecified atom stereocenters. The van der Waals surface area contributed by atoms with E-state index in [1.807, 2.05) is 18.2 Å². The highest BCUT2D eigenvalue weighted by atomic mass is 32.1. The van der Waals surface area contributed by atoms with Crippen LogP contribution in [0.4, 0.5) is 0 Å². The van der Waals surface area contributed by atoms with E-state index < -0.39 is 0 Å². The highest BCUT2D eigenvalue weighted by molar-refractivity contribution is 7.16. The topological polar surface area (TPSA) is 69.9 Å². The van der Waals surface area contributed by atoms with Gasteiger partial charge in [0, 0.05) is 5.92 Å². The molecule has 26 heavy (non-hydrogen) atoms. The van der Waals surface area contributed by atoms with Gasteiger partial charge in [-0.15, -0.1) is 0 Å². The van der Waals surface area contributed by atoms with Crippen LogP contribution in [-0.2, 0) is 20.9 Å². The number of hydrogen-bond acceptors (Lipinski definition) is 5. The lowest BCUT2D eigenvalue weighted by Crippen LogP contribution is -2.25. The first-order chi connectivity index (χ1) is 12.6. The smallest absolute Gasteiger partial charge is 0.326 e. The number of aromatic nitrogens is 1. The van der Waals surface area contributed by atoms with Crippen molar-refractivity contribution in [2.24, 2.45) is 10.9 Å². The summed E-state index contributed by atoms with van der Waals surface area (Å²) in [5, 5.41) is 0. The van der Waals surface area contributed by atoms with Crippen molar-refractivity contribution in [3.8, 4) is 5.75 Å². The number of carbonyl (C=O) groups excluding carboxylic acids is 2. The Morgan fingerprint density at radius 1 is 1.27 bits per heavy atom. The van der Waals surface area contributed by atoms with Gasteiger partial charge in [0.05, 0.1) is 23.9 Å². The molecule has 0 radical (unpaired) electrons. The molecule has 0 aliphatic heterocycles. The van der Waals surface area contributed by atoms with Crippen molar-refractivity contribution in [1.29, 1.82) is 0 Å². The fourth-order valence-electron chi connectivity index (χ4n) is 3.29. The van der Waals surface area contributed by atoms with Gasteiger partial charge in [-0.05, 0) is 38.0 Å². The molecule has 3 rings (SSSR count). The average molecular weight is 376 g/mol. The highest BCUT2D eigenvalue weighted by Crippen LogP contribution is 2.26. The second-order valence-electron chi connectivity index (χ2n) is 6.39. The van der Waals surface area contributed by atoms with E-state index in [-0.39, 0.29) is 24.3 Å². The summed E-state index contributed by atoms with van der Waals surface area (Å²) < 4.78 is 13.0. The van der Waals surface area contributed by atoms with Crippen molar-refractivity contribution >= 4 is 33.4 Å². The molecule has 6 nitrogen and oxygen atoms in total. The zero-order valence-electron chi connectivity index (χ0n) is 15.2. The van der Waals surface area contributed by atoms with Crippen molar-refractivity contribution in [3.63, 3.8) is 0 Å². The Bertz CT molecular complexity index is 862. The Kier molecular flexibility index (Phi) is 6.08. The standard InChI is InChI=1S/C19H24N2O4S/c1-3-25-17(22)12-21-15-10-9-14(24-2)11-16(15)26-19(21)20-18(23)13-7-5-4-6-8-13/h9-11,13H,3-8,12H2,1-2H3. The number of esters is 1. The molecule has 1 aliphatic carbocycles.